The van der Waals surface area contributed by atoms with Crippen LogP contribution in [0.2, 0.25) is 0 Å². The predicted molar refractivity (Wildman–Crippen MR) is 98.7 cm³/mol. The molecule has 2 rings (SSSR count). The van der Waals surface area contributed by atoms with E-state index in [0.717, 1.165) is 23.0 Å². The lowest BCUT2D eigenvalue weighted by Crippen LogP contribution is -2.07. The average molecular weight is 381 g/mol. The Hall–Kier alpha value is -2.26. The number of methoxy groups -OCH3 is 1. The fraction of sp³-hybridized carbons (Fsp3) is 0.312. The van der Waals surface area contributed by atoms with Gasteiger partial charge in [-0.2, -0.15) is 0 Å². The van der Waals surface area contributed by atoms with Gasteiger partial charge in [-0.15, -0.1) is 10.2 Å². The molecule has 0 saturated heterocycles. The van der Waals surface area contributed by atoms with Crippen molar-refractivity contribution in [2.75, 3.05) is 19.0 Å². The van der Waals surface area contributed by atoms with Crippen LogP contribution in [0.4, 0.5) is 10.8 Å². The van der Waals surface area contributed by atoms with E-state index in [1.54, 1.807) is 14.0 Å². The van der Waals surface area contributed by atoms with Gasteiger partial charge >= 0.3 is 5.97 Å². The smallest absolute Gasteiger partial charge is 0.348 e. The number of carbonyl (C=O) groups is 1. The maximum absolute atomic E-state index is 11.9. The maximum Gasteiger partial charge on any atom is 0.348 e. The molecule has 7 nitrogen and oxygen atoms in total. The van der Waals surface area contributed by atoms with E-state index in [2.05, 4.69) is 15.5 Å². The topological polar surface area (TPSA) is 93.6 Å². The molecule has 0 unspecified atom stereocenters. The van der Waals surface area contributed by atoms with Crippen molar-refractivity contribution in [3.05, 3.63) is 34.4 Å². The molecule has 9 heteroatoms. The number of anilines is 2. The number of nitrogens with one attached hydrogen (secondary N) is 1. The Morgan fingerprint density at radius 2 is 2.16 bits per heavy atom. The Morgan fingerprint density at radius 1 is 1.40 bits per heavy atom. The van der Waals surface area contributed by atoms with E-state index in [4.69, 9.17) is 9.47 Å². The lowest BCUT2D eigenvalue weighted by Gasteiger charge is -2.09. The first kappa shape index (κ1) is 19.1. The lowest BCUT2D eigenvalue weighted by atomic mass is 10.2. The molecule has 0 aliphatic rings. The third-order valence-electron chi connectivity index (χ3n) is 2.98. The number of aromatic nitrogens is 2. The molecule has 2 N–H and O–H groups in total. The Morgan fingerprint density at radius 3 is 2.80 bits per heavy atom. The van der Waals surface area contributed by atoms with Crippen LogP contribution in [0.3, 0.4) is 0 Å². The summed E-state index contributed by atoms with van der Waals surface area (Å²) in [5.41, 5.74) is 1.85. The number of rotatable bonds is 7. The van der Waals surface area contributed by atoms with Crippen molar-refractivity contribution in [3.63, 3.8) is 0 Å². The highest BCUT2D eigenvalue weighted by Gasteiger charge is 2.19. The molecular formula is C16H19N3O4S2. The van der Waals surface area contributed by atoms with Crippen molar-refractivity contribution in [2.45, 2.75) is 25.1 Å². The third kappa shape index (κ3) is 5.10. The summed E-state index contributed by atoms with van der Waals surface area (Å²) < 4.78 is 10.8. The number of ether oxygens (including phenoxy) is 2. The normalized spacial score (nSPS) is 11.7. The minimum absolute atomic E-state index is 0.0951. The molecule has 0 fully saturated rings. The van der Waals surface area contributed by atoms with Crippen LogP contribution in [-0.4, -0.2) is 35.0 Å². The first-order chi connectivity index (χ1) is 11.9. The number of thioether (sulfide) groups is 1. The molecule has 2 aromatic rings. The van der Waals surface area contributed by atoms with Crippen molar-refractivity contribution >= 4 is 39.9 Å². The number of esters is 1. The monoisotopic (exact) mass is 381 g/mol. The van der Waals surface area contributed by atoms with Crippen molar-refractivity contribution in [1.29, 1.82) is 0 Å². The maximum atomic E-state index is 11.9. The largest absolute Gasteiger partial charge is 0.511 e. The van der Waals surface area contributed by atoms with E-state index in [9.17, 15) is 9.90 Å². The molecule has 1 aromatic carbocycles. The SMILES string of the molecule is CCOC(=O)C(Sc1nnc(Nc2cc(C)ccc2OC)s1)=C(C)O. The fourth-order valence-corrected chi connectivity index (χ4v) is 3.57. The molecule has 134 valence electrons. The van der Waals surface area contributed by atoms with E-state index in [1.807, 2.05) is 25.1 Å². The number of aryl methyl sites for hydroxylation is 1. The van der Waals surface area contributed by atoms with Crippen LogP contribution in [0.1, 0.15) is 19.4 Å². The van der Waals surface area contributed by atoms with Crippen LogP contribution in [0.5, 0.6) is 5.75 Å². The zero-order valence-electron chi connectivity index (χ0n) is 14.3. The number of hydrogen-bond acceptors (Lipinski definition) is 9. The number of aliphatic hydroxyl groups excluding tert-OH is 1. The van der Waals surface area contributed by atoms with Crippen LogP contribution < -0.4 is 10.1 Å². The van der Waals surface area contributed by atoms with Crippen LogP contribution in [-0.2, 0) is 9.53 Å². The molecule has 0 bridgehead atoms. The summed E-state index contributed by atoms with van der Waals surface area (Å²) in [5, 5.41) is 21.5. The summed E-state index contributed by atoms with van der Waals surface area (Å²) in [4.78, 5) is 12.0. The molecule has 25 heavy (non-hydrogen) atoms. The number of aliphatic hydroxyl groups is 1. The number of benzene rings is 1. The van der Waals surface area contributed by atoms with E-state index < -0.39 is 5.97 Å². The summed E-state index contributed by atoms with van der Waals surface area (Å²) in [6, 6.07) is 5.76. The average Bonchev–Trinajstić information content (AvgIpc) is 3.00. The van der Waals surface area contributed by atoms with Gasteiger partial charge in [0.1, 0.15) is 16.4 Å². The zero-order chi connectivity index (χ0) is 18.4. The summed E-state index contributed by atoms with van der Waals surface area (Å²) in [6.07, 6.45) is 0. The van der Waals surface area contributed by atoms with Gasteiger partial charge in [-0.3, -0.25) is 0 Å². The lowest BCUT2D eigenvalue weighted by molar-refractivity contribution is -0.137. The highest BCUT2D eigenvalue weighted by Crippen LogP contribution is 2.35. The molecular weight excluding hydrogens is 362 g/mol. The number of hydrogen-bond donors (Lipinski definition) is 2. The van der Waals surface area contributed by atoms with Crippen molar-refractivity contribution in [2.24, 2.45) is 0 Å². The number of carbonyl (C=O) groups excluding carboxylic acids is 1. The summed E-state index contributed by atoms with van der Waals surface area (Å²) in [6.45, 7) is 5.34. The van der Waals surface area contributed by atoms with E-state index in [-0.39, 0.29) is 17.3 Å². The Balaban J connectivity index is 2.16. The van der Waals surface area contributed by atoms with Gasteiger partial charge in [0.2, 0.25) is 5.13 Å². The molecule has 0 amide bonds. The van der Waals surface area contributed by atoms with Crippen molar-refractivity contribution in [3.8, 4) is 5.75 Å². The van der Waals surface area contributed by atoms with Gasteiger partial charge in [-0.05, 0) is 50.2 Å². The van der Waals surface area contributed by atoms with Crippen LogP contribution in [0, 0.1) is 6.92 Å². The van der Waals surface area contributed by atoms with Gasteiger partial charge < -0.3 is 19.9 Å². The van der Waals surface area contributed by atoms with Crippen molar-refractivity contribution < 1.29 is 19.4 Å². The first-order valence-corrected chi connectivity index (χ1v) is 9.07. The standard InChI is InChI=1S/C16H19N3O4S2/c1-5-23-14(21)13(10(3)20)24-16-19-18-15(25-16)17-11-8-9(2)6-7-12(11)22-4/h6-8,20H,5H2,1-4H3,(H,17,18). The predicted octanol–water partition coefficient (Wildman–Crippen LogP) is 4.04. The van der Waals surface area contributed by atoms with Gasteiger partial charge in [0.25, 0.3) is 0 Å². The van der Waals surface area contributed by atoms with Gasteiger partial charge in [0, 0.05) is 0 Å². The summed E-state index contributed by atoms with van der Waals surface area (Å²) in [7, 11) is 1.59. The Kier molecular flexibility index (Phi) is 6.65. The summed E-state index contributed by atoms with van der Waals surface area (Å²) >= 11 is 2.27. The second-order valence-corrected chi connectivity index (χ2v) is 7.17. The minimum atomic E-state index is -0.586. The summed E-state index contributed by atoms with van der Waals surface area (Å²) in [5.74, 6) is -0.0145. The minimum Gasteiger partial charge on any atom is -0.511 e. The second-order valence-electron chi connectivity index (χ2n) is 4.94. The van der Waals surface area contributed by atoms with Gasteiger partial charge in [-0.25, -0.2) is 4.79 Å². The molecule has 0 saturated carbocycles. The molecule has 0 spiro atoms. The molecule has 1 heterocycles. The zero-order valence-corrected chi connectivity index (χ0v) is 16.0. The molecule has 0 aliphatic carbocycles. The first-order valence-electron chi connectivity index (χ1n) is 7.44. The number of allylic oxidation sites excluding steroid dienone is 1. The van der Waals surface area contributed by atoms with Crippen molar-refractivity contribution in [1.82, 2.24) is 10.2 Å². The van der Waals surface area contributed by atoms with Crippen LogP contribution in [0.15, 0.2) is 33.2 Å². The fourth-order valence-electron chi connectivity index (χ4n) is 1.88. The van der Waals surface area contributed by atoms with E-state index in [1.165, 1.54) is 18.3 Å². The molecule has 0 aliphatic heterocycles. The van der Waals surface area contributed by atoms with Crippen LogP contribution in [0.25, 0.3) is 0 Å². The third-order valence-corrected chi connectivity index (χ3v) is 5.04. The van der Waals surface area contributed by atoms with E-state index in [0.29, 0.717) is 15.2 Å². The van der Waals surface area contributed by atoms with Crippen LogP contribution >= 0.6 is 23.1 Å². The highest BCUT2D eigenvalue weighted by molar-refractivity contribution is 8.05. The Labute approximate surface area is 154 Å². The molecule has 1 aromatic heterocycles. The van der Waals surface area contributed by atoms with Gasteiger partial charge in [-0.1, -0.05) is 17.4 Å². The molecule has 0 atom stereocenters. The highest BCUT2D eigenvalue weighted by atomic mass is 32.2. The molecule has 0 radical (unpaired) electrons. The quantitative estimate of drug-likeness (QED) is 0.321. The van der Waals surface area contributed by atoms with E-state index >= 15 is 0 Å². The second kappa shape index (κ2) is 8.72. The Bertz CT molecular complexity index is 785. The number of nitrogens with zero attached hydrogens (tertiary/aromatic N) is 2. The van der Waals surface area contributed by atoms with Gasteiger partial charge in [0.15, 0.2) is 4.34 Å². The van der Waals surface area contributed by atoms with Gasteiger partial charge in [0.05, 0.1) is 19.4 Å².